The molecule has 128 valence electrons. The van der Waals surface area contributed by atoms with Gasteiger partial charge in [-0.1, -0.05) is 30.3 Å². The number of rotatable bonds is 4. The molecule has 1 aliphatic rings. The molecule has 3 heterocycles. The molecule has 5 nitrogen and oxygen atoms in total. The summed E-state index contributed by atoms with van der Waals surface area (Å²) in [7, 11) is 2.15. The zero-order valence-electron chi connectivity index (χ0n) is 14.2. The lowest BCUT2D eigenvalue weighted by Gasteiger charge is -2.37. The summed E-state index contributed by atoms with van der Waals surface area (Å²) in [6, 6.07) is 14.8. The highest BCUT2D eigenvalue weighted by Gasteiger charge is 2.25. The molecule has 1 atom stereocenters. The number of thiazole rings is 1. The van der Waals surface area contributed by atoms with Crippen LogP contribution in [0.3, 0.4) is 0 Å². The number of likely N-dealkylation sites (N-methyl/N-ethyl adjacent to an activating group) is 1. The van der Waals surface area contributed by atoms with Crippen LogP contribution in [0.1, 0.15) is 12.8 Å². The van der Waals surface area contributed by atoms with Gasteiger partial charge in [-0.15, -0.1) is 16.4 Å². The first-order valence-electron chi connectivity index (χ1n) is 8.58. The van der Waals surface area contributed by atoms with Gasteiger partial charge in [0.05, 0.1) is 5.69 Å². The maximum atomic E-state index is 4.85. The fourth-order valence-electron chi connectivity index (χ4n) is 3.26. The van der Waals surface area contributed by atoms with Gasteiger partial charge in [-0.25, -0.2) is 4.98 Å². The molecule has 0 bridgehead atoms. The van der Waals surface area contributed by atoms with E-state index >= 15 is 0 Å². The first-order chi connectivity index (χ1) is 12.3. The molecule has 1 aromatic carbocycles. The number of hydrogen-bond acceptors (Lipinski definition) is 6. The Morgan fingerprint density at radius 2 is 2.04 bits per heavy atom. The Labute approximate surface area is 152 Å². The number of nitrogens with zero attached hydrogens (tertiary/aromatic N) is 5. The van der Waals surface area contributed by atoms with E-state index in [1.165, 1.54) is 12.0 Å². The fourth-order valence-corrected chi connectivity index (χ4v) is 4.14. The second kappa shape index (κ2) is 7.19. The summed E-state index contributed by atoms with van der Waals surface area (Å²) in [6.45, 7) is 1.99. The summed E-state index contributed by atoms with van der Waals surface area (Å²) >= 11 is 1.71. The van der Waals surface area contributed by atoms with E-state index in [9.17, 15) is 0 Å². The standard InChI is InChI=1S/C19H21N5S/c1-23(19-21-17(14-25-19)15-7-3-2-4-8-15)16-9-6-12-24(13-16)18-10-5-11-20-22-18/h2-5,7-8,10-11,14,16H,6,9,12-13H2,1H3. The van der Waals surface area contributed by atoms with E-state index in [2.05, 4.69) is 56.7 Å². The Morgan fingerprint density at radius 3 is 2.84 bits per heavy atom. The van der Waals surface area contributed by atoms with Gasteiger partial charge in [0.2, 0.25) is 0 Å². The largest absolute Gasteiger partial charge is 0.353 e. The van der Waals surface area contributed by atoms with Crippen molar-refractivity contribution in [3.8, 4) is 11.3 Å². The minimum atomic E-state index is 0.436. The van der Waals surface area contributed by atoms with E-state index in [4.69, 9.17) is 4.98 Å². The third-order valence-corrected chi connectivity index (χ3v) is 5.62. The minimum absolute atomic E-state index is 0.436. The maximum absolute atomic E-state index is 4.85. The summed E-state index contributed by atoms with van der Waals surface area (Å²) in [6.07, 6.45) is 4.05. The first-order valence-corrected chi connectivity index (χ1v) is 9.45. The average Bonchev–Trinajstić information content (AvgIpc) is 3.19. The van der Waals surface area contributed by atoms with Crippen molar-refractivity contribution in [2.45, 2.75) is 18.9 Å². The van der Waals surface area contributed by atoms with E-state index in [0.29, 0.717) is 6.04 Å². The molecular weight excluding hydrogens is 330 g/mol. The predicted octanol–water partition coefficient (Wildman–Crippen LogP) is 3.71. The molecule has 25 heavy (non-hydrogen) atoms. The lowest BCUT2D eigenvalue weighted by atomic mass is 10.0. The molecule has 3 aromatic rings. The Hall–Kier alpha value is -2.47. The van der Waals surface area contributed by atoms with Crippen LogP contribution in [0.5, 0.6) is 0 Å². The molecule has 2 aromatic heterocycles. The molecular formula is C19H21N5S. The smallest absolute Gasteiger partial charge is 0.185 e. The summed E-state index contributed by atoms with van der Waals surface area (Å²) < 4.78 is 0. The van der Waals surface area contributed by atoms with Crippen LogP contribution in [0.25, 0.3) is 11.3 Å². The van der Waals surface area contributed by atoms with Crippen LogP contribution in [0.2, 0.25) is 0 Å². The Balaban J connectivity index is 1.49. The van der Waals surface area contributed by atoms with Crippen molar-refractivity contribution in [2.75, 3.05) is 29.9 Å². The first kappa shape index (κ1) is 16.0. The fraction of sp³-hybridized carbons (Fsp3) is 0.316. The van der Waals surface area contributed by atoms with E-state index in [1.807, 2.05) is 18.2 Å². The highest BCUT2D eigenvalue weighted by molar-refractivity contribution is 7.14. The van der Waals surface area contributed by atoms with E-state index in [-0.39, 0.29) is 0 Å². The van der Waals surface area contributed by atoms with Crippen LogP contribution in [0, 0.1) is 0 Å². The number of hydrogen-bond donors (Lipinski definition) is 0. The van der Waals surface area contributed by atoms with E-state index < -0.39 is 0 Å². The lowest BCUT2D eigenvalue weighted by molar-refractivity contribution is 0.484. The molecule has 1 aliphatic heterocycles. The molecule has 0 N–H and O–H groups in total. The quantitative estimate of drug-likeness (QED) is 0.717. The summed E-state index contributed by atoms with van der Waals surface area (Å²) in [5, 5.41) is 11.5. The molecule has 0 amide bonds. The highest BCUT2D eigenvalue weighted by Crippen LogP contribution is 2.30. The van der Waals surface area contributed by atoms with Gasteiger partial charge in [-0.2, -0.15) is 5.10 Å². The van der Waals surface area contributed by atoms with Gasteiger partial charge in [0.15, 0.2) is 10.9 Å². The van der Waals surface area contributed by atoms with Gasteiger partial charge in [0.1, 0.15) is 0 Å². The van der Waals surface area contributed by atoms with Crippen LogP contribution in [0.15, 0.2) is 54.0 Å². The number of piperidine rings is 1. The van der Waals surface area contributed by atoms with Crippen molar-refractivity contribution in [2.24, 2.45) is 0 Å². The third kappa shape index (κ3) is 3.49. The van der Waals surface area contributed by atoms with Crippen molar-refractivity contribution in [3.63, 3.8) is 0 Å². The van der Waals surface area contributed by atoms with Gasteiger partial charge in [-0.3, -0.25) is 0 Å². The monoisotopic (exact) mass is 351 g/mol. The zero-order valence-corrected chi connectivity index (χ0v) is 15.1. The topological polar surface area (TPSA) is 45.2 Å². The van der Waals surface area contributed by atoms with Crippen LogP contribution < -0.4 is 9.80 Å². The van der Waals surface area contributed by atoms with Crippen LogP contribution in [-0.4, -0.2) is 41.4 Å². The summed E-state index contributed by atoms with van der Waals surface area (Å²) in [4.78, 5) is 9.49. The number of aromatic nitrogens is 3. The van der Waals surface area contributed by atoms with Crippen molar-refractivity contribution in [3.05, 3.63) is 54.0 Å². The maximum Gasteiger partial charge on any atom is 0.185 e. The molecule has 0 radical (unpaired) electrons. The molecule has 0 saturated carbocycles. The normalized spacial score (nSPS) is 17.5. The van der Waals surface area contributed by atoms with Crippen molar-refractivity contribution in [1.29, 1.82) is 0 Å². The van der Waals surface area contributed by atoms with E-state index in [1.54, 1.807) is 17.5 Å². The van der Waals surface area contributed by atoms with Crippen LogP contribution in [-0.2, 0) is 0 Å². The summed E-state index contributed by atoms with van der Waals surface area (Å²) in [5.74, 6) is 0.963. The lowest BCUT2D eigenvalue weighted by Crippen LogP contribution is -2.47. The Morgan fingerprint density at radius 1 is 1.16 bits per heavy atom. The summed E-state index contributed by atoms with van der Waals surface area (Å²) in [5.41, 5.74) is 2.22. The van der Waals surface area contributed by atoms with Gasteiger partial charge >= 0.3 is 0 Å². The molecule has 1 saturated heterocycles. The molecule has 6 heteroatoms. The second-order valence-corrected chi connectivity index (χ2v) is 7.15. The Kier molecular flexibility index (Phi) is 4.61. The van der Waals surface area contributed by atoms with E-state index in [0.717, 1.165) is 36.2 Å². The van der Waals surface area contributed by atoms with Gasteiger partial charge in [0, 0.05) is 43.3 Å². The SMILES string of the molecule is CN(c1nc(-c2ccccc2)cs1)C1CCCN(c2cccnn2)C1. The van der Waals surface area contributed by atoms with Gasteiger partial charge in [0.25, 0.3) is 0 Å². The Bertz CT molecular complexity index is 805. The average molecular weight is 351 g/mol. The van der Waals surface area contributed by atoms with Gasteiger partial charge in [-0.05, 0) is 25.0 Å². The van der Waals surface area contributed by atoms with Crippen molar-refractivity contribution < 1.29 is 0 Å². The van der Waals surface area contributed by atoms with Crippen LogP contribution in [0.4, 0.5) is 10.9 Å². The molecule has 1 unspecified atom stereocenters. The number of benzene rings is 1. The second-order valence-electron chi connectivity index (χ2n) is 6.32. The third-order valence-electron chi connectivity index (χ3n) is 4.69. The molecule has 1 fully saturated rings. The molecule has 0 aliphatic carbocycles. The highest BCUT2D eigenvalue weighted by atomic mass is 32.1. The zero-order chi connectivity index (χ0) is 17.1. The van der Waals surface area contributed by atoms with Crippen molar-refractivity contribution >= 4 is 22.3 Å². The molecule has 4 rings (SSSR count). The molecule has 0 spiro atoms. The minimum Gasteiger partial charge on any atom is -0.353 e. The van der Waals surface area contributed by atoms with Crippen LogP contribution >= 0.6 is 11.3 Å². The van der Waals surface area contributed by atoms with Crippen molar-refractivity contribution in [1.82, 2.24) is 15.2 Å². The predicted molar refractivity (Wildman–Crippen MR) is 103 cm³/mol. The number of anilines is 2. The van der Waals surface area contributed by atoms with Gasteiger partial charge < -0.3 is 9.80 Å².